The molecule has 106 valence electrons. The van der Waals surface area contributed by atoms with Crippen molar-refractivity contribution in [2.75, 3.05) is 30.9 Å². The number of amides is 1. The summed E-state index contributed by atoms with van der Waals surface area (Å²) in [7, 11) is -0.801. The van der Waals surface area contributed by atoms with Crippen LogP contribution in [0.5, 0.6) is 5.75 Å². The van der Waals surface area contributed by atoms with Crippen LogP contribution in [-0.4, -0.2) is 35.3 Å². The van der Waals surface area contributed by atoms with E-state index < -0.39 is 10.8 Å². The molecule has 0 spiro atoms. The molecule has 5 nitrogen and oxygen atoms in total. The molecule has 0 saturated carbocycles. The van der Waals surface area contributed by atoms with Gasteiger partial charge in [-0.15, -0.1) is 0 Å². The van der Waals surface area contributed by atoms with Crippen molar-refractivity contribution < 1.29 is 13.7 Å². The van der Waals surface area contributed by atoms with Gasteiger partial charge < -0.3 is 15.8 Å². The third kappa shape index (κ3) is 7.46. The molecule has 3 N–H and O–H groups in total. The highest BCUT2D eigenvalue weighted by Crippen LogP contribution is 2.14. The maximum absolute atomic E-state index is 11.5. The number of nitrogen functional groups attached to an aromatic ring is 1. The average molecular weight is 284 g/mol. The number of hydrogen-bond acceptors (Lipinski definition) is 4. The van der Waals surface area contributed by atoms with Crippen LogP contribution in [0, 0.1) is 0 Å². The minimum atomic E-state index is -0.801. The maximum Gasteiger partial charge on any atom is 0.223 e. The van der Waals surface area contributed by atoms with Gasteiger partial charge in [-0.1, -0.05) is 6.07 Å². The highest BCUT2D eigenvalue weighted by Gasteiger charge is 2.02. The summed E-state index contributed by atoms with van der Waals surface area (Å²) >= 11 is 0. The van der Waals surface area contributed by atoms with E-state index >= 15 is 0 Å². The van der Waals surface area contributed by atoms with E-state index in [2.05, 4.69) is 5.32 Å². The van der Waals surface area contributed by atoms with Gasteiger partial charge in [-0.05, 0) is 18.6 Å². The van der Waals surface area contributed by atoms with Gasteiger partial charge >= 0.3 is 0 Å². The summed E-state index contributed by atoms with van der Waals surface area (Å²) in [5, 5.41) is 2.76. The molecule has 0 heterocycles. The normalized spacial score (nSPS) is 11.8. The largest absolute Gasteiger partial charge is 0.493 e. The van der Waals surface area contributed by atoms with Crippen LogP contribution in [-0.2, 0) is 15.6 Å². The number of carbonyl (C=O) groups is 1. The summed E-state index contributed by atoms with van der Waals surface area (Å²) in [5.41, 5.74) is 6.25. The molecule has 0 saturated heterocycles. The average Bonchev–Trinajstić information content (AvgIpc) is 2.34. The molecule has 6 heteroatoms. The summed E-state index contributed by atoms with van der Waals surface area (Å²) in [6, 6.07) is 7.09. The Morgan fingerprint density at radius 3 is 2.95 bits per heavy atom. The minimum absolute atomic E-state index is 0.0641. The molecule has 1 unspecified atom stereocenters. The van der Waals surface area contributed by atoms with E-state index in [0.717, 1.165) is 6.42 Å². The Balaban J connectivity index is 2.12. The zero-order valence-corrected chi connectivity index (χ0v) is 11.9. The molecule has 0 radical (unpaired) electrons. The van der Waals surface area contributed by atoms with Crippen molar-refractivity contribution in [3.8, 4) is 5.75 Å². The van der Waals surface area contributed by atoms with Crippen molar-refractivity contribution in [3.05, 3.63) is 24.3 Å². The fourth-order valence-corrected chi connectivity index (χ4v) is 2.01. The van der Waals surface area contributed by atoms with Crippen LogP contribution in [0.3, 0.4) is 0 Å². The molecule has 0 aromatic heterocycles. The second-order valence-corrected chi connectivity index (χ2v) is 5.71. The van der Waals surface area contributed by atoms with Gasteiger partial charge in [-0.25, -0.2) is 0 Å². The summed E-state index contributed by atoms with van der Waals surface area (Å²) in [5.74, 6) is 1.21. The monoisotopic (exact) mass is 284 g/mol. The van der Waals surface area contributed by atoms with Crippen molar-refractivity contribution in [1.82, 2.24) is 5.32 Å². The number of carbonyl (C=O) groups excluding carboxylic acids is 1. The topological polar surface area (TPSA) is 81.4 Å². The van der Waals surface area contributed by atoms with Crippen LogP contribution in [0.25, 0.3) is 0 Å². The van der Waals surface area contributed by atoms with Crippen molar-refractivity contribution >= 4 is 22.4 Å². The second-order valence-electron chi connectivity index (χ2n) is 4.15. The van der Waals surface area contributed by atoms with Gasteiger partial charge in [-0.3, -0.25) is 9.00 Å². The maximum atomic E-state index is 11.5. The first-order chi connectivity index (χ1) is 9.08. The van der Waals surface area contributed by atoms with Gasteiger partial charge in [0.25, 0.3) is 0 Å². The minimum Gasteiger partial charge on any atom is -0.493 e. The Morgan fingerprint density at radius 1 is 1.47 bits per heavy atom. The quantitative estimate of drug-likeness (QED) is 0.549. The van der Waals surface area contributed by atoms with Gasteiger partial charge in [0.15, 0.2) is 0 Å². The van der Waals surface area contributed by atoms with Gasteiger partial charge in [0.2, 0.25) is 5.91 Å². The highest BCUT2D eigenvalue weighted by molar-refractivity contribution is 7.84. The van der Waals surface area contributed by atoms with Gasteiger partial charge in [0.05, 0.1) is 13.0 Å². The molecule has 0 aliphatic carbocycles. The molecule has 1 rings (SSSR count). The second kappa shape index (κ2) is 8.53. The lowest BCUT2D eigenvalue weighted by Gasteiger charge is -2.07. The van der Waals surface area contributed by atoms with Gasteiger partial charge in [-0.2, -0.15) is 0 Å². The van der Waals surface area contributed by atoms with Crippen LogP contribution in [0.1, 0.15) is 12.8 Å². The van der Waals surface area contributed by atoms with Crippen LogP contribution in [0.15, 0.2) is 24.3 Å². The highest BCUT2D eigenvalue weighted by atomic mass is 32.2. The predicted molar refractivity (Wildman–Crippen MR) is 77.5 cm³/mol. The van der Waals surface area contributed by atoms with E-state index in [0.29, 0.717) is 36.8 Å². The van der Waals surface area contributed by atoms with E-state index in [-0.39, 0.29) is 5.91 Å². The molecular weight excluding hydrogens is 264 g/mol. The SMILES string of the molecule is CS(=O)CCCNC(=O)CCOc1cccc(N)c1. The number of ether oxygens (including phenoxy) is 1. The molecule has 19 heavy (non-hydrogen) atoms. The number of hydrogen-bond donors (Lipinski definition) is 2. The first-order valence-corrected chi connectivity index (χ1v) is 7.85. The third-order valence-corrected chi connectivity index (χ3v) is 3.25. The first-order valence-electron chi connectivity index (χ1n) is 6.13. The third-order valence-electron chi connectivity index (χ3n) is 2.39. The number of rotatable bonds is 8. The van der Waals surface area contributed by atoms with Gasteiger partial charge in [0.1, 0.15) is 5.75 Å². The first kappa shape index (κ1) is 15.5. The molecule has 0 aliphatic heterocycles. The lowest BCUT2D eigenvalue weighted by molar-refractivity contribution is -0.121. The summed E-state index contributed by atoms with van der Waals surface area (Å²) in [4.78, 5) is 11.5. The molecular formula is C13H20N2O3S. The van der Waals surface area contributed by atoms with Crippen LogP contribution in [0.4, 0.5) is 5.69 Å². The molecule has 0 aliphatic rings. The standard InChI is InChI=1S/C13H20N2O3S/c1-19(17)9-3-7-15-13(16)6-8-18-12-5-2-4-11(14)10-12/h2,4-5,10H,3,6-9,14H2,1H3,(H,15,16). The van der Waals surface area contributed by atoms with E-state index in [1.54, 1.807) is 30.5 Å². The Hall–Kier alpha value is -1.56. The zero-order valence-electron chi connectivity index (χ0n) is 11.1. The Morgan fingerprint density at radius 2 is 2.26 bits per heavy atom. The fourth-order valence-electron chi connectivity index (χ4n) is 1.46. The molecule has 1 aromatic carbocycles. The molecule has 1 atom stereocenters. The molecule has 1 aromatic rings. The van der Waals surface area contributed by atoms with Crippen molar-refractivity contribution in [2.45, 2.75) is 12.8 Å². The van der Waals surface area contributed by atoms with Crippen LogP contribution >= 0.6 is 0 Å². The van der Waals surface area contributed by atoms with Crippen molar-refractivity contribution in [3.63, 3.8) is 0 Å². The van der Waals surface area contributed by atoms with Gasteiger partial charge in [0, 0.05) is 41.1 Å². The molecule has 0 fully saturated rings. The summed E-state index contributed by atoms with van der Waals surface area (Å²) in [6.07, 6.45) is 2.68. The van der Waals surface area contributed by atoms with E-state index in [1.807, 2.05) is 0 Å². The zero-order chi connectivity index (χ0) is 14.1. The number of nitrogens with one attached hydrogen (secondary N) is 1. The van der Waals surface area contributed by atoms with Crippen LogP contribution in [0.2, 0.25) is 0 Å². The number of anilines is 1. The van der Waals surface area contributed by atoms with Crippen LogP contribution < -0.4 is 15.8 Å². The smallest absolute Gasteiger partial charge is 0.223 e. The Labute approximate surface area is 116 Å². The molecule has 1 amide bonds. The van der Waals surface area contributed by atoms with Crippen molar-refractivity contribution in [1.29, 1.82) is 0 Å². The van der Waals surface area contributed by atoms with E-state index in [1.165, 1.54) is 0 Å². The number of benzene rings is 1. The Bertz CT molecular complexity index is 438. The van der Waals surface area contributed by atoms with E-state index in [9.17, 15) is 9.00 Å². The predicted octanol–water partition coefficient (Wildman–Crippen LogP) is 0.922. The lowest BCUT2D eigenvalue weighted by atomic mass is 10.3. The summed E-state index contributed by atoms with van der Waals surface area (Å²) < 4.78 is 16.2. The number of nitrogens with two attached hydrogens (primary N) is 1. The van der Waals surface area contributed by atoms with E-state index in [4.69, 9.17) is 10.5 Å². The fraction of sp³-hybridized carbons (Fsp3) is 0.462. The van der Waals surface area contributed by atoms with Crippen molar-refractivity contribution in [2.24, 2.45) is 0 Å². The lowest BCUT2D eigenvalue weighted by Crippen LogP contribution is -2.26. The summed E-state index contributed by atoms with van der Waals surface area (Å²) in [6.45, 7) is 0.867. The molecule has 0 bridgehead atoms. The Kier molecular flexibility index (Phi) is 6.95.